The largest absolute Gasteiger partial charge is 0.382 e. The van der Waals surface area contributed by atoms with Crippen molar-refractivity contribution in [2.75, 3.05) is 26.4 Å². The van der Waals surface area contributed by atoms with Crippen LogP contribution < -0.4 is 5.73 Å². The molecule has 2 rings (SSSR count). The van der Waals surface area contributed by atoms with Gasteiger partial charge in [0.25, 0.3) is 0 Å². The van der Waals surface area contributed by atoms with E-state index in [2.05, 4.69) is 19.9 Å². The zero-order valence-electron chi connectivity index (χ0n) is 9.57. The summed E-state index contributed by atoms with van der Waals surface area (Å²) in [6.07, 6.45) is -0.326. The molecule has 0 aliphatic rings. The van der Waals surface area contributed by atoms with E-state index in [9.17, 15) is 4.39 Å². The third-order valence-electron chi connectivity index (χ3n) is 2.09. The van der Waals surface area contributed by atoms with Crippen LogP contribution in [0.5, 0.6) is 0 Å². The molecular formula is C9H13FN6O. The quantitative estimate of drug-likeness (QED) is 0.582. The van der Waals surface area contributed by atoms with Crippen LogP contribution in [-0.4, -0.2) is 45.7 Å². The smallest absolute Gasteiger partial charge is 0.312 e. The molecule has 17 heavy (non-hydrogen) atoms. The van der Waals surface area contributed by atoms with Crippen LogP contribution in [0.1, 0.15) is 5.82 Å². The highest BCUT2D eigenvalue weighted by molar-refractivity contribution is 5.81. The Morgan fingerprint density at radius 3 is 2.82 bits per heavy atom. The van der Waals surface area contributed by atoms with E-state index in [4.69, 9.17) is 10.6 Å². The molecule has 0 aliphatic heterocycles. The number of nitrogens with zero attached hydrogens (tertiary/aromatic N) is 4. The Morgan fingerprint density at radius 1 is 1.35 bits per heavy atom. The Kier molecular flexibility index (Phi) is 3.16. The van der Waals surface area contributed by atoms with Gasteiger partial charge in [-0.3, -0.25) is 4.84 Å². The highest BCUT2D eigenvalue weighted by atomic mass is 19.1. The number of H-pyrrole nitrogens is 1. The molecule has 0 spiro atoms. The van der Waals surface area contributed by atoms with Crippen LogP contribution in [0.3, 0.4) is 0 Å². The molecule has 0 aliphatic carbocycles. The summed E-state index contributed by atoms with van der Waals surface area (Å²) in [6, 6.07) is 0. The minimum Gasteiger partial charge on any atom is -0.382 e. The first kappa shape index (κ1) is 11.7. The van der Waals surface area contributed by atoms with E-state index in [1.807, 2.05) is 0 Å². The van der Waals surface area contributed by atoms with Gasteiger partial charge in [0, 0.05) is 20.5 Å². The first-order valence-corrected chi connectivity index (χ1v) is 5.04. The van der Waals surface area contributed by atoms with Gasteiger partial charge in [0.1, 0.15) is 11.3 Å². The summed E-state index contributed by atoms with van der Waals surface area (Å²) < 4.78 is 12.9. The highest BCUT2D eigenvalue weighted by Crippen LogP contribution is 2.14. The fourth-order valence-electron chi connectivity index (χ4n) is 1.38. The number of hydrogen-bond donors (Lipinski definition) is 2. The van der Waals surface area contributed by atoms with Crippen LogP contribution in [0.25, 0.3) is 11.2 Å². The Bertz CT molecular complexity index is 525. The Labute approximate surface area is 96.8 Å². The fourth-order valence-corrected chi connectivity index (χ4v) is 1.38. The summed E-state index contributed by atoms with van der Waals surface area (Å²) in [5.41, 5.74) is 6.23. The number of nitrogens with one attached hydrogen (secondary N) is 1. The van der Waals surface area contributed by atoms with Crippen LogP contribution in [0.2, 0.25) is 0 Å². The number of rotatable bonds is 4. The number of hydrogen-bond acceptors (Lipinski definition) is 6. The van der Waals surface area contributed by atoms with Crippen LogP contribution in [-0.2, 0) is 11.3 Å². The van der Waals surface area contributed by atoms with Gasteiger partial charge in [-0.05, 0) is 0 Å². The highest BCUT2D eigenvalue weighted by Gasteiger charge is 2.10. The van der Waals surface area contributed by atoms with Crippen molar-refractivity contribution in [1.82, 2.24) is 25.0 Å². The van der Waals surface area contributed by atoms with Gasteiger partial charge in [-0.25, -0.2) is 4.98 Å². The molecule has 0 radical (unpaired) electrons. The minimum absolute atomic E-state index is 0.0553. The maximum atomic E-state index is 12.9. The summed E-state index contributed by atoms with van der Waals surface area (Å²) in [4.78, 5) is 19.2. The molecule has 0 saturated heterocycles. The average Bonchev–Trinajstić information content (AvgIpc) is 2.60. The van der Waals surface area contributed by atoms with Crippen LogP contribution in [0.4, 0.5) is 10.2 Å². The average molecular weight is 240 g/mol. The van der Waals surface area contributed by atoms with Gasteiger partial charge in [-0.2, -0.15) is 19.4 Å². The van der Waals surface area contributed by atoms with Gasteiger partial charge in [0.2, 0.25) is 0 Å². The lowest BCUT2D eigenvalue weighted by atomic mass is 10.4. The molecule has 0 atom stereocenters. The van der Waals surface area contributed by atoms with Crippen molar-refractivity contribution in [1.29, 1.82) is 0 Å². The molecule has 0 fully saturated rings. The number of aromatic nitrogens is 4. The van der Waals surface area contributed by atoms with Gasteiger partial charge in [-0.1, -0.05) is 0 Å². The van der Waals surface area contributed by atoms with Crippen molar-refractivity contribution in [3.8, 4) is 0 Å². The van der Waals surface area contributed by atoms with Crippen molar-refractivity contribution >= 4 is 17.0 Å². The van der Waals surface area contributed by atoms with Gasteiger partial charge in [0.05, 0.1) is 6.61 Å². The third kappa shape index (κ3) is 2.66. The van der Waals surface area contributed by atoms with E-state index < -0.39 is 6.08 Å². The van der Waals surface area contributed by atoms with Crippen molar-refractivity contribution in [3.05, 3.63) is 11.9 Å². The lowest BCUT2D eigenvalue weighted by molar-refractivity contribution is -0.118. The van der Waals surface area contributed by atoms with Crippen LogP contribution in [0, 0.1) is 6.08 Å². The molecule has 0 saturated carbocycles. The number of aromatic amines is 1. The molecule has 2 aromatic rings. The molecule has 3 N–H and O–H groups in total. The van der Waals surface area contributed by atoms with E-state index in [0.29, 0.717) is 24.4 Å². The van der Waals surface area contributed by atoms with Gasteiger partial charge < -0.3 is 10.7 Å². The first-order valence-electron chi connectivity index (χ1n) is 5.04. The first-order chi connectivity index (χ1) is 8.06. The normalized spacial score (nSPS) is 11.5. The second-order valence-electron chi connectivity index (χ2n) is 3.66. The number of hydroxylamine groups is 2. The number of nitrogen functional groups attached to an aromatic ring is 1. The standard InChI is InChI=1S/C9H13FN6O/c1-16(2)17-4-3-5-12-6-7(11)14-9(10)15-8(6)13-5/h3-4H2,1-2H3,(H3,11,12,13,14,15). The van der Waals surface area contributed by atoms with E-state index in [-0.39, 0.29) is 11.5 Å². The molecular weight excluding hydrogens is 227 g/mol. The molecule has 92 valence electrons. The maximum absolute atomic E-state index is 12.9. The number of anilines is 1. The topological polar surface area (TPSA) is 92.9 Å². The molecule has 2 aromatic heterocycles. The number of imidazole rings is 1. The number of halogens is 1. The Hall–Kier alpha value is -1.80. The molecule has 7 nitrogen and oxygen atoms in total. The fraction of sp³-hybridized carbons (Fsp3) is 0.444. The van der Waals surface area contributed by atoms with Crippen molar-refractivity contribution < 1.29 is 9.23 Å². The van der Waals surface area contributed by atoms with Crippen molar-refractivity contribution in [3.63, 3.8) is 0 Å². The van der Waals surface area contributed by atoms with Crippen molar-refractivity contribution in [2.24, 2.45) is 0 Å². The van der Waals surface area contributed by atoms with Crippen LogP contribution in [0.15, 0.2) is 0 Å². The molecule has 0 bridgehead atoms. The van der Waals surface area contributed by atoms with Gasteiger partial charge in [-0.15, -0.1) is 0 Å². The van der Waals surface area contributed by atoms with Gasteiger partial charge >= 0.3 is 6.08 Å². The molecule has 0 aromatic carbocycles. The predicted octanol–water partition coefficient (Wildman–Crippen LogP) is 0.110. The third-order valence-corrected chi connectivity index (χ3v) is 2.09. The Balaban J connectivity index is 2.17. The monoisotopic (exact) mass is 240 g/mol. The van der Waals surface area contributed by atoms with E-state index in [1.54, 1.807) is 19.2 Å². The predicted molar refractivity (Wildman–Crippen MR) is 59.4 cm³/mol. The second kappa shape index (κ2) is 4.60. The summed E-state index contributed by atoms with van der Waals surface area (Å²) in [6.45, 7) is 0.461. The molecule has 8 heteroatoms. The Morgan fingerprint density at radius 2 is 2.12 bits per heavy atom. The summed E-state index contributed by atoms with van der Waals surface area (Å²) in [7, 11) is 3.58. The molecule has 0 unspecified atom stereocenters. The minimum atomic E-state index is -0.877. The summed E-state index contributed by atoms with van der Waals surface area (Å²) >= 11 is 0. The van der Waals surface area contributed by atoms with E-state index >= 15 is 0 Å². The summed E-state index contributed by atoms with van der Waals surface area (Å²) in [5, 5.41) is 1.59. The van der Waals surface area contributed by atoms with Crippen molar-refractivity contribution in [2.45, 2.75) is 6.42 Å². The van der Waals surface area contributed by atoms with Gasteiger partial charge in [0.15, 0.2) is 11.5 Å². The van der Waals surface area contributed by atoms with Crippen LogP contribution >= 0.6 is 0 Å². The molecule has 0 amide bonds. The summed E-state index contributed by atoms with van der Waals surface area (Å²) in [5.74, 6) is 0.688. The number of nitrogens with two attached hydrogens (primary N) is 1. The lowest BCUT2D eigenvalue weighted by Gasteiger charge is -2.08. The SMILES string of the molecule is CN(C)OCCc1nc2nc(F)nc(N)c2[nH]1. The lowest BCUT2D eigenvalue weighted by Crippen LogP contribution is -2.14. The zero-order chi connectivity index (χ0) is 12.4. The van der Waals surface area contributed by atoms with E-state index in [1.165, 1.54) is 0 Å². The number of fused-ring (bicyclic) bond motifs is 1. The molecule has 2 heterocycles. The van der Waals surface area contributed by atoms with E-state index in [0.717, 1.165) is 0 Å². The zero-order valence-corrected chi connectivity index (χ0v) is 9.57. The second-order valence-corrected chi connectivity index (χ2v) is 3.66. The maximum Gasteiger partial charge on any atom is 0.312 e.